The Kier molecular flexibility index (Phi) is 4.29. The molecule has 3 rings (SSSR count). The third kappa shape index (κ3) is 3.50. The average molecular weight is 349 g/mol. The Hall–Kier alpha value is -2.05. The van der Waals surface area contributed by atoms with Crippen LogP contribution in [0.5, 0.6) is 0 Å². The van der Waals surface area contributed by atoms with Crippen molar-refractivity contribution in [2.24, 2.45) is 0 Å². The summed E-state index contributed by atoms with van der Waals surface area (Å²) < 4.78 is 12.6. The molecule has 1 aromatic rings. The fourth-order valence-electron chi connectivity index (χ4n) is 3.10. The SMILES string of the molecule is CCOC(=O)c1nn(C2(C)CC2)c2c1CN(C(=O)OC(C)(C)C)CC2. The van der Waals surface area contributed by atoms with Crippen LogP contribution in [0.15, 0.2) is 0 Å². The number of carbonyl (C=O) groups is 2. The lowest BCUT2D eigenvalue weighted by Crippen LogP contribution is -2.40. The summed E-state index contributed by atoms with van der Waals surface area (Å²) in [4.78, 5) is 26.4. The van der Waals surface area contributed by atoms with E-state index in [1.54, 1.807) is 11.8 Å². The van der Waals surface area contributed by atoms with E-state index in [0.717, 1.165) is 24.1 Å². The molecule has 7 heteroatoms. The summed E-state index contributed by atoms with van der Waals surface area (Å²) in [6, 6.07) is 0. The maximum atomic E-state index is 12.4. The first-order valence-corrected chi connectivity index (χ1v) is 8.91. The molecule has 0 radical (unpaired) electrons. The zero-order valence-corrected chi connectivity index (χ0v) is 15.7. The molecule has 0 aromatic carbocycles. The monoisotopic (exact) mass is 349 g/mol. The normalized spacial score (nSPS) is 18.5. The maximum Gasteiger partial charge on any atom is 0.410 e. The Morgan fingerprint density at radius 2 is 1.96 bits per heavy atom. The van der Waals surface area contributed by atoms with Gasteiger partial charge in [-0.3, -0.25) is 4.68 Å². The smallest absolute Gasteiger partial charge is 0.410 e. The highest BCUT2D eigenvalue weighted by atomic mass is 16.6. The summed E-state index contributed by atoms with van der Waals surface area (Å²) in [6.07, 6.45) is 2.41. The van der Waals surface area contributed by atoms with Crippen LogP contribution in [0, 0.1) is 0 Å². The van der Waals surface area contributed by atoms with E-state index in [1.807, 2.05) is 25.5 Å². The van der Waals surface area contributed by atoms with Crippen molar-refractivity contribution in [2.75, 3.05) is 13.2 Å². The average Bonchev–Trinajstić information content (AvgIpc) is 3.13. The highest BCUT2D eigenvalue weighted by Crippen LogP contribution is 2.44. The van der Waals surface area contributed by atoms with Gasteiger partial charge in [-0.2, -0.15) is 5.10 Å². The molecule has 1 aliphatic carbocycles. The summed E-state index contributed by atoms with van der Waals surface area (Å²) in [6.45, 7) is 10.6. The quantitative estimate of drug-likeness (QED) is 0.785. The molecule has 0 atom stereocenters. The van der Waals surface area contributed by atoms with Crippen LogP contribution < -0.4 is 0 Å². The topological polar surface area (TPSA) is 73.7 Å². The van der Waals surface area contributed by atoms with Gasteiger partial charge in [0.15, 0.2) is 5.69 Å². The first kappa shape index (κ1) is 17.8. The molecule has 1 saturated carbocycles. The number of esters is 1. The number of carbonyl (C=O) groups excluding carboxylic acids is 2. The number of amides is 1. The lowest BCUT2D eigenvalue weighted by molar-refractivity contribution is 0.0218. The third-order valence-electron chi connectivity index (χ3n) is 4.66. The molecular formula is C18H27N3O4. The largest absolute Gasteiger partial charge is 0.461 e. The first-order valence-electron chi connectivity index (χ1n) is 8.91. The lowest BCUT2D eigenvalue weighted by Gasteiger charge is -2.30. The molecule has 2 heterocycles. The Morgan fingerprint density at radius 3 is 2.52 bits per heavy atom. The van der Waals surface area contributed by atoms with Gasteiger partial charge < -0.3 is 14.4 Å². The molecule has 7 nitrogen and oxygen atoms in total. The van der Waals surface area contributed by atoms with Crippen molar-refractivity contribution in [3.05, 3.63) is 17.0 Å². The van der Waals surface area contributed by atoms with Gasteiger partial charge in [0, 0.05) is 24.2 Å². The van der Waals surface area contributed by atoms with E-state index in [-0.39, 0.29) is 11.6 Å². The van der Waals surface area contributed by atoms with Gasteiger partial charge in [0.2, 0.25) is 0 Å². The van der Waals surface area contributed by atoms with Crippen molar-refractivity contribution in [3.63, 3.8) is 0 Å². The molecule has 1 fully saturated rings. The van der Waals surface area contributed by atoms with Gasteiger partial charge in [-0.1, -0.05) is 0 Å². The minimum atomic E-state index is -0.549. The highest BCUT2D eigenvalue weighted by Gasteiger charge is 2.44. The predicted molar refractivity (Wildman–Crippen MR) is 91.4 cm³/mol. The Balaban J connectivity index is 1.90. The van der Waals surface area contributed by atoms with Crippen LogP contribution in [-0.4, -0.2) is 45.5 Å². The van der Waals surface area contributed by atoms with Gasteiger partial charge in [-0.25, -0.2) is 9.59 Å². The minimum Gasteiger partial charge on any atom is -0.461 e. The molecule has 138 valence electrons. The van der Waals surface area contributed by atoms with Crippen LogP contribution in [0.1, 0.15) is 69.2 Å². The Labute approximate surface area is 148 Å². The fraction of sp³-hybridized carbons (Fsp3) is 0.722. The van der Waals surface area contributed by atoms with Crippen LogP contribution in [0.4, 0.5) is 4.79 Å². The molecule has 0 saturated heterocycles. The molecule has 0 bridgehead atoms. The number of fused-ring (bicyclic) bond motifs is 1. The zero-order valence-electron chi connectivity index (χ0n) is 15.7. The molecule has 2 aliphatic rings. The number of rotatable bonds is 3. The molecule has 1 amide bonds. The van der Waals surface area contributed by atoms with E-state index in [4.69, 9.17) is 9.47 Å². The van der Waals surface area contributed by atoms with E-state index in [2.05, 4.69) is 12.0 Å². The first-order chi connectivity index (χ1) is 11.6. The van der Waals surface area contributed by atoms with E-state index in [9.17, 15) is 9.59 Å². The summed E-state index contributed by atoms with van der Waals surface area (Å²) in [7, 11) is 0. The van der Waals surface area contributed by atoms with E-state index >= 15 is 0 Å². The van der Waals surface area contributed by atoms with Crippen molar-refractivity contribution >= 4 is 12.1 Å². The lowest BCUT2D eigenvalue weighted by atomic mass is 10.0. The Morgan fingerprint density at radius 1 is 1.28 bits per heavy atom. The summed E-state index contributed by atoms with van der Waals surface area (Å²) in [5.41, 5.74) is 1.61. The van der Waals surface area contributed by atoms with Gasteiger partial charge in [-0.05, 0) is 47.5 Å². The summed E-state index contributed by atoms with van der Waals surface area (Å²) >= 11 is 0. The number of hydrogen-bond acceptors (Lipinski definition) is 5. The molecule has 0 N–H and O–H groups in total. The van der Waals surface area contributed by atoms with Crippen LogP contribution in [0.3, 0.4) is 0 Å². The molecule has 25 heavy (non-hydrogen) atoms. The van der Waals surface area contributed by atoms with Crippen molar-refractivity contribution in [2.45, 2.75) is 71.6 Å². The summed E-state index contributed by atoms with van der Waals surface area (Å²) in [5, 5.41) is 4.58. The minimum absolute atomic E-state index is 0.0110. The van der Waals surface area contributed by atoms with Gasteiger partial charge in [0.1, 0.15) is 5.60 Å². The molecule has 0 unspecified atom stereocenters. The van der Waals surface area contributed by atoms with E-state index in [1.165, 1.54) is 0 Å². The van der Waals surface area contributed by atoms with Gasteiger partial charge in [-0.15, -0.1) is 0 Å². The van der Waals surface area contributed by atoms with Gasteiger partial charge in [0.05, 0.1) is 18.7 Å². The van der Waals surface area contributed by atoms with E-state index < -0.39 is 11.6 Å². The number of hydrogen-bond donors (Lipinski definition) is 0. The standard InChI is InChI=1S/C18H27N3O4/c1-6-24-15(22)14-12-11-20(16(23)25-17(2,3)4)10-7-13(12)21(19-14)18(5)8-9-18/h6-11H2,1-5H3. The van der Waals surface area contributed by atoms with Crippen LogP contribution in [-0.2, 0) is 28.0 Å². The molecule has 1 aliphatic heterocycles. The number of nitrogens with zero attached hydrogens (tertiary/aromatic N) is 3. The zero-order chi connectivity index (χ0) is 18.4. The number of ether oxygens (including phenoxy) is 2. The van der Waals surface area contributed by atoms with Crippen LogP contribution in [0.25, 0.3) is 0 Å². The molecule has 0 spiro atoms. The van der Waals surface area contributed by atoms with Crippen molar-refractivity contribution in [1.29, 1.82) is 0 Å². The fourth-order valence-corrected chi connectivity index (χ4v) is 3.10. The Bertz CT molecular complexity index is 698. The highest BCUT2D eigenvalue weighted by molar-refractivity contribution is 5.89. The van der Waals surface area contributed by atoms with Gasteiger partial charge in [0.25, 0.3) is 0 Å². The van der Waals surface area contributed by atoms with Crippen molar-refractivity contribution in [3.8, 4) is 0 Å². The molecule has 1 aromatic heterocycles. The second kappa shape index (κ2) is 6.04. The second-order valence-corrected chi connectivity index (χ2v) is 8.05. The number of aromatic nitrogens is 2. The van der Waals surface area contributed by atoms with Gasteiger partial charge >= 0.3 is 12.1 Å². The second-order valence-electron chi connectivity index (χ2n) is 8.05. The van der Waals surface area contributed by atoms with Crippen LogP contribution in [0.2, 0.25) is 0 Å². The molecular weight excluding hydrogens is 322 g/mol. The van der Waals surface area contributed by atoms with Crippen molar-refractivity contribution in [1.82, 2.24) is 14.7 Å². The van der Waals surface area contributed by atoms with Crippen molar-refractivity contribution < 1.29 is 19.1 Å². The maximum absolute atomic E-state index is 12.4. The third-order valence-corrected chi connectivity index (χ3v) is 4.66. The van der Waals surface area contributed by atoms with Crippen LogP contribution >= 0.6 is 0 Å². The van der Waals surface area contributed by atoms with E-state index in [0.29, 0.717) is 31.8 Å². The predicted octanol–water partition coefficient (Wildman–Crippen LogP) is 2.86. The summed E-state index contributed by atoms with van der Waals surface area (Å²) in [5.74, 6) is -0.423.